The number of benzene rings is 1. The first kappa shape index (κ1) is 8.63. The molecule has 66 valence electrons. The number of hydrogen-bond acceptors (Lipinski definition) is 1. The molecule has 0 saturated heterocycles. The Morgan fingerprint density at radius 2 is 2.08 bits per heavy atom. The molecule has 2 rings (SSSR count). The van der Waals surface area contributed by atoms with Crippen LogP contribution in [0.4, 0.5) is 4.39 Å². The van der Waals surface area contributed by atoms with Gasteiger partial charge in [-0.3, -0.25) is 0 Å². The van der Waals surface area contributed by atoms with Crippen molar-refractivity contribution in [1.82, 2.24) is 4.98 Å². The Balaban J connectivity index is 2.81. The van der Waals surface area contributed by atoms with Gasteiger partial charge >= 0.3 is 0 Å². The second kappa shape index (κ2) is 3.07. The number of aryl methyl sites for hydroxylation is 1. The third-order valence-corrected chi connectivity index (χ3v) is 2.44. The Morgan fingerprint density at radius 3 is 2.85 bits per heavy atom. The van der Waals surface area contributed by atoms with Crippen molar-refractivity contribution in [2.24, 2.45) is 0 Å². The van der Waals surface area contributed by atoms with Crippen molar-refractivity contribution in [3.63, 3.8) is 0 Å². The van der Waals surface area contributed by atoms with E-state index in [-0.39, 0.29) is 0 Å². The Morgan fingerprint density at radius 1 is 1.31 bits per heavy atom. The summed E-state index contributed by atoms with van der Waals surface area (Å²) in [6, 6.07) is 7.51. The van der Waals surface area contributed by atoms with Gasteiger partial charge in [0.15, 0.2) is 0 Å². The molecule has 0 unspecified atom stereocenters. The fraction of sp³-hybridized carbons (Fsp3) is 0.100. The summed E-state index contributed by atoms with van der Waals surface area (Å²) < 4.78 is 13.4. The quantitative estimate of drug-likeness (QED) is 0.642. The van der Waals surface area contributed by atoms with Gasteiger partial charge in [0.2, 0.25) is 5.95 Å². The normalized spacial score (nSPS) is 10.7. The van der Waals surface area contributed by atoms with Gasteiger partial charge in [-0.25, -0.2) is 4.98 Å². The molecule has 1 aromatic carbocycles. The second-order valence-corrected chi connectivity index (χ2v) is 3.81. The SMILES string of the molecule is Cc1ccc2cc(Br)c(F)nc2c1. The Bertz CT molecular complexity index is 468. The number of aromatic nitrogens is 1. The molecule has 0 bridgehead atoms. The summed E-state index contributed by atoms with van der Waals surface area (Å²) in [4.78, 5) is 3.82. The zero-order valence-corrected chi connectivity index (χ0v) is 8.60. The zero-order chi connectivity index (χ0) is 9.42. The van der Waals surface area contributed by atoms with E-state index in [9.17, 15) is 4.39 Å². The van der Waals surface area contributed by atoms with Crippen molar-refractivity contribution in [2.75, 3.05) is 0 Å². The molecule has 0 aliphatic heterocycles. The van der Waals surface area contributed by atoms with Crippen molar-refractivity contribution in [1.29, 1.82) is 0 Å². The lowest BCUT2D eigenvalue weighted by Crippen LogP contribution is -1.86. The third kappa shape index (κ3) is 1.56. The molecule has 0 aliphatic rings. The van der Waals surface area contributed by atoms with Gasteiger partial charge in [0.05, 0.1) is 9.99 Å². The van der Waals surface area contributed by atoms with Crippen LogP contribution in [0.3, 0.4) is 0 Å². The highest BCUT2D eigenvalue weighted by Gasteiger charge is 2.02. The van der Waals surface area contributed by atoms with E-state index >= 15 is 0 Å². The van der Waals surface area contributed by atoms with Gasteiger partial charge in [-0.05, 0) is 40.5 Å². The second-order valence-electron chi connectivity index (χ2n) is 2.96. The largest absolute Gasteiger partial charge is 0.227 e. The highest BCUT2D eigenvalue weighted by Crippen LogP contribution is 2.20. The van der Waals surface area contributed by atoms with E-state index in [2.05, 4.69) is 20.9 Å². The van der Waals surface area contributed by atoms with Crippen molar-refractivity contribution in [3.8, 4) is 0 Å². The predicted molar refractivity (Wildman–Crippen MR) is 54.1 cm³/mol. The molecule has 13 heavy (non-hydrogen) atoms. The maximum atomic E-state index is 13.0. The molecule has 1 heterocycles. The maximum Gasteiger partial charge on any atom is 0.227 e. The minimum absolute atomic E-state index is 0.406. The number of halogens is 2. The van der Waals surface area contributed by atoms with E-state index in [0.717, 1.165) is 10.9 Å². The van der Waals surface area contributed by atoms with Gasteiger partial charge in [-0.1, -0.05) is 12.1 Å². The van der Waals surface area contributed by atoms with E-state index in [0.29, 0.717) is 9.99 Å². The van der Waals surface area contributed by atoms with E-state index in [1.807, 2.05) is 25.1 Å². The smallest absolute Gasteiger partial charge is 0.219 e. The zero-order valence-electron chi connectivity index (χ0n) is 7.01. The molecule has 0 N–H and O–H groups in total. The van der Waals surface area contributed by atoms with Crippen molar-refractivity contribution in [3.05, 3.63) is 40.2 Å². The average molecular weight is 240 g/mol. The molecule has 0 atom stereocenters. The number of fused-ring (bicyclic) bond motifs is 1. The standard InChI is InChI=1S/C10H7BrFN/c1-6-2-3-7-5-8(11)10(12)13-9(7)4-6/h2-5H,1H3. The first-order valence-corrected chi connectivity index (χ1v) is 4.68. The molecule has 2 aromatic rings. The monoisotopic (exact) mass is 239 g/mol. The molecule has 1 aromatic heterocycles. The molecular weight excluding hydrogens is 233 g/mol. The number of rotatable bonds is 0. The fourth-order valence-electron chi connectivity index (χ4n) is 1.23. The summed E-state index contributed by atoms with van der Waals surface area (Å²) in [7, 11) is 0. The van der Waals surface area contributed by atoms with Crippen LogP contribution in [-0.2, 0) is 0 Å². The lowest BCUT2D eigenvalue weighted by atomic mass is 10.1. The highest BCUT2D eigenvalue weighted by molar-refractivity contribution is 9.10. The first-order chi connectivity index (χ1) is 6.16. The van der Waals surface area contributed by atoms with Crippen molar-refractivity contribution in [2.45, 2.75) is 6.92 Å². The maximum absolute atomic E-state index is 13.0. The Labute approximate surface area is 83.7 Å². The first-order valence-electron chi connectivity index (χ1n) is 3.89. The van der Waals surface area contributed by atoms with Crippen LogP contribution in [0.2, 0.25) is 0 Å². The highest BCUT2D eigenvalue weighted by atomic mass is 79.9. The van der Waals surface area contributed by atoms with E-state index < -0.39 is 5.95 Å². The minimum atomic E-state index is -0.460. The molecule has 0 aliphatic carbocycles. The minimum Gasteiger partial charge on any atom is -0.219 e. The molecule has 0 fully saturated rings. The number of pyridine rings is 1. The van der Waals surface area contributed by atoms with Gasteiger partial charge in [0.25, 0.3) is 0 Å². The van der Waals surface area contributed by atoms with Crippen molar-refractivity contribution < 1.29 is 4.39 Å². The van der Waals surface area contributed by atoms with Crippen molar-refractivity contribution >= 4 is 26.8 Å². The number of hydrogen-bond donors (Lipinski definition) is 0. The van der Waals surface area contributed by atoms with Gasteiger partial charge in [0, 0.05) is 5.39 Å². The van der Waals surface area contributed by atoms with Gasteiger partial charge < -0.3 is 0 Å². The van der Waals surface area contributed by atoms with Crippen LogP contribution in [0, 0.1) is 12.9 Å². The van der Waals surface area contributed by atoms with Crippen LogP contribution in [-0.4, -0.2) is 4.98 Å². The van der Waals surface area contributed by atoms with Gasteiger partial charge in [-0.15, -0.1) is 0 Å². The molecule has 0 amide bonds. The van der Waals surface area contributed by atoms with Crippen LogP contribution < -0.4 is 0 Å². The molecule has 0 saturated carbocycles. The van der Waals surface area contributed by atoms with Crippen LogP contribution in [0.5, 0.6) is 0 Å². The van der Waals surface area contributed by atoms with E-state index in [1.54, 1.807) is 6.07 Å². The summed E-state index contributed by atoms with van der Waals surface area (Å²) in [5.74, 6) is -0.460. The van der Waals surface area contributed by atoms with Gasteiger partial charge in [-0.2, -0.15) is 4.39 Å². The lowest BCUT2D eigenvalue weighted by Gasteiger charge is -2.00. The predicted octanol–water partition coefficient (Wildman–Crippen LogP) is 3.44. The summed E-state index contributed by atoms with van der Waals surface area (Å²) in [6.45, 7) is 1.96. The Kier molecular flexibility index (Phi) is 2.04. The molecule has 3 heteroatoms. The summed E-state index contributed by atoms with van der Waals surface area (Å²) in [5.41, 5.74) is 1.78. The van der Waals surface area contributed by atoms with Crippen LogP contribution >= 0.6 is 15.9 Å². The molecule has 0 spiro atoms. The van der Waals surface area contributed by atoms with Crippen LogP contribution in [0.15, 0.2) is 28.7 Å². The third-order valence-electron chi connectivity index (χ3n) is 1.88. The van der Waals surface area contributed by atoms with Gasteiger partial charge in [0.1, 0.15) is 0 Å². The molecule has 0 radical (unpaired) electrons. The number of nitrogens with zero attached hydrogens (tertiary/aromatic N) is 1. The molecular formula is C10H7BrFN. The lowest BCUT2D eigenvalue weighted by molar-refractivity contribution is 0.582. The van der Waals surface area contributed by atoms with E-state index in [1.165, 1.54) is 0 Å². The summed E-state index contributed by atoms with van der Waals surface area (Å²) in [5, 5.41) is 0.943. The Hall–Kier alpha value is -0.960. The molecule has 1 nitrogen and oxygen atoms in total. The topological polar surface area (TPSA) is 12.9 Å². The fourth-order valence-corrected chi connectivity index (χ4v) is 1.56. The summed E-state index contributed by atoms with van der Waals surface area (Å²) >= 11 is 3.10. The van der Waals surface area contributed by atoms with Crippen LogP contribution in [0.1, 0.15) is 5.56 Å². The van der Waals surface area contributed by atoms with Crippen LogP contribution in [0.25, 0.3) is 10.9 Å². The average Bonchev–Trinajstić information content (AvgIpc) is 2.08. The summed E-state index contributed by atoms with van der Waals surface area (Å²) in [6.07, 6.45) is 0. The van der Waals surface area contributed by atoms with E-state index in [4.69, 9.17) is 0 Å².